The molecule has 1 atom stereocenters. The molecule has 0 amide bonds. The Hall–Kier alpha value is -3.13. The molecule has 3 heterocycles. The van der Waals surface area contributed by atoms with E-state index in [4.69, 9.17) is 9.47 Å². The minimum atomic E-state index is -1.54. The number of aliphatic hydroxyl groups is 2. The van der Waals surface area contributed by atoms with E-state index in [0.29, 0.717) is 30.3 Å². The van der Waals surface area contributed by atoms with E-state index in [1.54, 1.807) is 18.5 Å². The molecular weight excluding hydrogens is 442 g/mol. The van der Waals surface area contributed by atoms with Gasteiger partial charge < -0.3 is 29.9 Å². The zero-order valence-electron chi connectivity index (χ0n) is 20.1. The first kappa shape index (κ1) is 23.6. The van der Waals surface area contributed by atoms with Gasteiger partial charge in [-0.2, -0.15) is 0 Å². The molecule has 184 valence electrons. The normalized spacial score (nSPS) is 18.1. The van der Waals surface area contributed by atoms with Crippen molar-refractivity contribution in [2.75, 3.05) is 43.6 Å². The van der Waals surface area contributed by atoms with E-state index in [1.165, 1.54) is 5.56 Å². The van der Waals surface area contributed by atoms with Crippen LogP contribution in [0.5, 0.6) is 5.75 Å². The number of benzene rings is 2. The van der Waals surface area contributed by atoms with Crippen molar-refractivity contribution >= 4 is 17.1 Å². The molecular formula is C28H33N3O4. The van der Waals surface area contributed by atoms with Crippen molar-refractivity contribution in [3.8, 4) is 5.75 Å². The molecule has 3 N–H and O–H groups in total. The van der Waals surface area contributed by atoms with Crippen LogP contribution < -0.4 is 15.0 Å². The molecule has 3 aromatic rings. The molecule has 2 aromatic carbocycles. The molecule has 7 heteroatoms. The monoisotopic (exact) mass is 475 g/mol. The van der Waals surface area contributed by atoms with Gasteiger partial charge in [-0.05, 0) is 60.6 Å². The molecule has 0 saturated carbocycles. The van der Waals surface area contributed by atoms with Crippen LogP contribution >= 0.6 is 0 Å². The molecule has 1 aromatic heterocycles. The van der Waals surface area contributed by atoms with Crippen LogP contribution in [0.2, 0.25) is 0 Å². The lowest BCUT2D eigenvalue weighted by Crippen LogP contribution is -2.22. The standard InChI is InChI=1S/C28H33N3O4/c1-31(22-4-2-19(3-5-22)20-9-13-34-14-10-20)23-6-7-24-21(11-15-35-27(24)16-23)17-30-26-18-29-12-8-25(26)28(32)33/h2-8,12,16,18,20-21,28,30,32-33H,9-11,13-15,17H2,1H3/t21-/m0/s1. The van der Waals surface area contributed by atoms with Crippen molar-refractivity contribution in [3.05, 3.63) is 77.6 Å². The number of hydrogen-bond donors (Lipinski definition) is 3. The highest BCUT2D eigenvalue weighted by Crippen LogP contribution is 2.38. The molecule has 35 heavy (non-hydrogen) atoms. The lowest BCUT2D eigenvalue weighted by molar-refractivity contribution is -0.0419. The zero-order chi connectivity index (χ0) is 24.2. The largest absolute Gasteiger partial charge is 0.493 e. The van der Waals surface area contributed by atoms with E-state index >= 15 is 0 Å². The highest BCUT2D eigenvalue weighted by molar-refractivity contribution is 5.65. The van der Waals surface area contributed by atoms with Gasteiger partial charge in [-0.1, -0.05) is 18.2 Å². The van der Waals surface area contributed by atoms with Gasteiger partial charge in [0.05, 0.1) is 18.5 Å². The summed E-state index contributed by atoms with van der Waals surface area (Å²) >= 11 is 0. The molecule has 0 spiro atoms. The van der Waals surface area contributed by atoms with Gasteiger partial charge in [0.15, 0.2) is 6.29 Å². The summed E-state index contributed by atoms with van der Waals surface area (Å²) in [5.41, 5.74) is 5.82. The van der Waals surface area contributed by atoms with Crippen LogP contribution in [0.25, 0.3) is 0 Å². The number of aliphatic hydroxyl groups excluding tert-OH is 1. The summed E-state index contributed by atoms with van der Waals surface area (Å²) in [6.45, 7) is 3.01. The Morgan fingerprint density at radius 2 is 1.77 bits per heavy atom. The van der Waals surface area contributed by atoms with Crippen molar-refractivity contribution in [2.24, 2.45) is 0 Å². The number of hydrogen-bond acceptors (Lipinski definition) is 7. The number of aromatic nitrogens is 1. The number of pyridine rings is 1. The smallest absolute Gasteiger partial charge is 0.180 e. The molecule has 0 radical (unpaired) electrons. The maximum Gasteiger partial charge on any atom is 0.180 e. The number of fused-ring (bicyclic) bond motifs is 1. The molecule has 2 aliphatic heterocycles. The van der Waals surface area contributed by atoms with E-state index in [-0.39, 0.29) is 5.92 Å². The van der Waals surface area contributed by atoms with Gasteiger partial charge in [-0.15, -0.1) is 0 Å². The van der Waals surface area contributed by atoms with E-state index in [9.17, 15) is 10.2 Å². The van der Waals surface area contributed by atoms with Crippen LogP contribution in [0.15, 0.2) is 60.9 Å². The molecule has 0 bridgehead atoms. The fourth-order valence-corrected chi connectivity index (χ4v) is 5.03. The molecule has 0 aliphatic carbocycles. The van der Waals surface area contributed by atoms with Crippen LogP contribution in [0.1, 0.15) is 54.1 Å². The molecule has 0 unspecified atom stereocenters. The predicted molar refractivity (Wildman–Crippen MR) is 136 cm³/mol. The van der Waals surface area contributed by atoms with Crippen molar-refractivity contribution < 1.29 is 19.7 Å². The number of nitrogens with one attached hydrogen (secondary N) is 1. The summed E-state index contributed by atoms with van der Waals surface area (Å²) in [5.74, 6) is 1.75. The average Bonchev–Trinajstić information content (AvgIpc) is 2.92. The summed E-state index contributed by atoms with van der Waals surface area (Å²) in [6, 6.07) is 16.9. The van der Waals surface area contributed by atoms with Crippen molar-refractivity contribution in [2.45, 2.75) is 37.4 Å². The summed E-state index contributed by atoms with van der Waals surface area (Å²) in [4.78, 5) is 6.29. The maximum absolute atomic E-state index is 9.62. The van der Waals surface area contributed by atoms with Gasteiger partial charge in [0, 0.05) is 61.9 Å². The first-order valence-electron chi connectivity index (χ1n) is 12.3. The summed E-state index contributed by atoms with van der Waals surface area (Å²) in [5, 5.41) is 22.6. The van der Waals surface area contributed by atoms with E-state index < -0.39 is 6.29 Å². The second-order valence-electron chi connectivity index (χ2n) is 9.31. The van der Waals surface area contributed by atoms with E-state index in [0.717, 1.165) is 55.2 Å². The van der Waals surface area contributed by atoms with Gasteiger partial charge in [0.2, 0.25) is 0 Å². The number of rotatable bonds is 7. The van der Waals surface area contributed by atoms with Gasteiger partial charge in [0.25, 0.3) is 0 Å². The number of anilines is 3. The molecule has 1 fully saturated rings. The summed E-state index contributed by atoms with van der Waals surface area (Å²) < 4.78 is 11.5. The first-order valence-corrected chi connectivity index (χ1v) is 12.3. The van der Waals surface area contributed by atoms with Crippen LogP contribution in [-0.4, -0.2) is 48.6 Å². The second kappa shape index (κ2) is 10.6. The Morgan fingerprint density at radius 1 is 1.00 bits per heavy atom. The molecule has 5 rings (SSSR count). The lowest BCUT2D eigenvalue weighted by atomic mass is 9.91. The van der Waals surface area contributed by atoms with Gasteiger partial charge >= 0.3 is 0 Å². The minimum Gasteiger partial charge on any atom is -0.493 e. The fraction of sp³-hybridized carbons (Fsp3) is 0.393. The molecule has 1 saturated heterocycles. The Bertz CT molecular complexity index is 1130. The van der Waals surface area contributed by atoms with Gasteiger partial charge in [-0.25, -0.2) is 0 Å². The SMILES string of the molecule is CN(c1ccc(C2CCOCC2)cc1)c1ccc2c(c1)OCC[C@H]2CNc1cnccc1C(O)O. The van der Waals surface area contributed by atoms with Crippen molar-refractivity contribution in [3.63, 3.8) is 0 Å². The highest BCUT2D eigenvalue weighted by atomic mass is 16.5. The molecule has 7 nitrogen and oxygen atoms in total. The third-order valence-electron chi connectivity index (χ3n) is 7.19. The summed E-state index contributed by atoms with van der Waals surface area (Å²) in [7, 11) is 2.08. The number of nitrogens with zero attached hydrogens (tertiary/aromatic N) is 2. The van der Waals surface area contributed by atoms with Gasteiger partial charge in [0.1, 0.15) is 5.75 Å². The number of ether oxygens (including phenoxy) is 2. The Balaban J connectivity index is 1.28. The van der Waals surface area contributed by atoms with Crippen LogP contribution in [0.3, 0.4) is 0 Å². The zero-order valence-corrected chi connectivity index (χ0v) is 20.1. The van der Waals surface area contributed by atoms with Crippen LogP contribution in [-0.2, 0) is 4.74 Å². The Labute approximate surface area is 206 Å². The third-order valence-corrected chi connectivity index (χ3v) is 7.19. The van der Waals surface area contributed by atoms with Crippen molar-refractivity contribution in [1.29, 1.82) is 0 Å². The van der Waals surface area contributed by atoms with Crippen LogP contribution in [0.4, 0.5) is 17.1 Å². The second-order valence-corrected chi connectivity index (χ2v) is 9.31. The van der Waals surface area contributed by atoms with Crippen LogP contribution in [0, 0.1) is 0 Å². The average molecular weight is 476 g/mol. The fourth-order valence-electron chi connectivity index (χ4n) is 5.03. The highest BCUT2D eigenvalue weighted by Gasteiger charge is 2.23. The Morgan fingerprint density at radius 3 is 2.54 bits per heavy atom. The lowest BCUT2D eigenvalue weighted by Gasteiger charge is -2.29. The topological polar surface area (TPSA) is 87.1 Å². The molecule has 2 aliphatic rings. The Kier molecular flexibility index (Phi) is 7.18. The minimum absolute atomic E-state index is 0.251. The quantitative estimate of drug-likeness (QED) is 0.427. The summed E-state index contributed by atoms with van der Waals surface area (Å²) in [6.07, 6.45) is 4.72. The predicted octanol–water partition coefficient (Wildman–Crippen LogP) is 4.70. The van der Waals surface area contributed by atoms with E-state index in [2.05, 4.69) is 64.7 Å². The third kappa shape index (κ3) is 5.27. The van der Waals surface area contributed by atoms with E-state index in [1.807, 2.05) is 0 Å². The van der Waals surface area contributed by atoms with Gasteiger partial charge in [-0.3, -0.25) is 4.98 Å². The first-order chi connectivity index (χ1) is 17.1. The maximum atomic E-state index is 9.62. The van der Waals surface area contributed by atoms with Crippen molar-refractivity contribution in [1.82, 2.24) is 4.98 Å².